The second kappa shape index (κ2) is 6.11. The van der Waals surface area contributed by atoms with Crippen LogP contribution < -0.4 is 5.32 Å². The van der Waals surface area contributed by atoms with Crippen LogP contribution in [0.2, 0.25) is 0 Å². The maximum Gasteiger partial charge on any atom is 0.416 e. The van der Waals surface area contributed by atoms with Crippen molar-refractivity contribution in [1.82, 2.24) is 9.97 Å². The number of alkyl halides is 3. The predicted molar refractivity (Wildman–Crippen MR) is 76.0 cm³/mol. The van der Waals surface area contributed by atoms with Gasteiger partial charge in [-0.3, -0.25) is 0 Å². The van der Waals surface area contributed by atoms with Gasteiger partial charge in [0.2, 0.25) is 5.95 Å². The van der Waals surface area contributed by atoms with E-state index in [0.717, 1.165) is 25.1 Å². The van der Waals surface area contributed by atoms with Crippen molar-refractivity contribution in [2.24, 2.45) is 0 Å². The van der Waals surface area contributed by atoms with Crippen LogP contribution in [-0.4, -0.2) is 16.5 Å². The molecular weight excluding hydrogens is 279 g/mol. The molecule has 0 aliphatic carbocycles. The molecule has 0 aliphatic rings. The van der Waals surface area contributed by atoms with E-state index in [1.54, 1.807) is 19.2 Å². The summed E-state index contributed by atoms with van der Waals surface area (Å²) < 4.78 is 38.0. The number of hydrogen-bond acceptors (Lipinski definition) is 3. The van der Waals surface area contributed by atoms with E-state index in [9.17, 15) is 13.2 Å². The minimum absolute atomic E-state index is 0.480. The largest absolute Gasteiger partial charge is 0.416 e. The molecule has 0 unspecified atom stereocenters. The van der Waals surface area contributed by atoms with E-state index in [4.69, 9.17) is 0 Å². The molecule has 2 aromatic rings. The monoisotopic (exact) mass is 295 g/mol. The van der Waals surface area contributed by atoms with Gasteiger partial charge in [-0.15, -0.1) is 0 Å². The van der Waals surface area contributed by atoms with Gasteiger partial charge in [-0.05, 0) is 37.1 Å². The third-order valence-corrected chi connectivity index (χ3v) is 3.02. The zero-order chi connectivity index (χ0) is 15.5. The van der Waals surface area contributed by atoms with Crippen LogP contribution in [0.1, 0.15) is 24.5 Å². The van der Waals surface area contributed by atoms with E-state index in [2.05, 4.69) is 15.3 Å². The SMILES string of the molecule is CCCNc1nccc(-c2ccc(C(F)(F)F)cc2C)n1. The van der Waals surface area contributed by atoms with Crippen LogP contribution in [-0.2, 0) is 6.18 Å². The highest BCUT2D eigenvalue weighted by Gasteiger charge is 2.30. The first-order chi connectivity index (χ1) is 9.91. The van der Waals surface area contributed by atoms with Crippen molar-refractivity contribution in [3.63, 3.8) is 0 Å². The highest BCUT2D eigenvalue weighted by atomic mass is 19.4. The molecule has 0 radical (unpaired) electrons. The summed E-state index contributed by atoms with van der Waals surface area (Å²) in [5, 5.41) is 3.06. The standard InChI is InChI=1S/C15H16F3N3/c1-3-7-19-14-20-8-6-13(21-14)12-5-4-11(9-10(12)2)15(16,17)18/h4-6,8-9H,3,7H2,1-2H3,(H,19,20,21). The van der Waals surface area contributed by atoms with Crippen LogP contribution in [0.25, 0.3) is 11.3 Å². The number of hydrogen-bond donors (Lipinski definition) is 1. The van der Waals surface area contributed by atoms with Crippen molar-refractivity contribution in [3.05, 3.63) is 41.6 Å². The molecule has 6 heteroatoms. The number of aryl methyl sites for hydroxylation is 1. The highest BCUT2D eigenvalue weighted by molar-refractivity contribution is 5.64. The van der Waals surface area contributed by atoms with Crippen LogP contribution in [0.15, 0.2) is 30.5 Å². The van der Waals surface area contributed by atoms with Crippen LogP contribution in [0.5, 0.6) is 0 Å². The normalized spacial score (nSPS) is 11.5. The van der Waals surface area contributed by atoms with E-state index in [1.807, 2.05) is 6.92 Å². The molecule has 0 saturated heterocycles. The first-order valence-corrected chi connectivity index (χ1v) is 6.67. The van der Waals surface area contributed by atoms with Gasteiger partial charge in [-0.2, -0.15) is 13.2 Å². The van der Waals surface area contributed by atoms with Gasteiger partial charge in [-0.25, -0.2) is 9.97 Å². The van der Waals surface area contributed by atoms with Gasteiger partial charge < -0.3 is 5.32 Å². The Kier molecular flexibility index (Phi) is 4.45. The summed E-state index contributed by atoms with van der Waals surface area (Å²) >= 11 is 0. The minimum atomic E-state index is -4.33. The molecule has 0 fully saturated rings. The third kappa shape index (κ3) is 3.71. The van der Waals surface area contributed by atoms with Crippen molar-refractivity contribution in [1.29, 1.82) is 0 Å². The molecule has 0 atom stereocenters. The second-order valence-electron chi connectivity index (χ2n) is 4.72. The molecule has 0 amide bonds. The van der Waals surface area contributed by atoms with Gasteiger partial charge in [0, 0.05) is 18.3 Å². The fourth-order valence-electron chi connectivity index (χ4n) is 1.96. The second-order valence-corrected chi connectivity index (χ2v) is 4.72. The lowest BCUT2D eigenvalue weighted by atomic mass is 10.0. The van der Waals surface area contributed by atoms with Crippen LogP contribution >= 0.6 is 0 Å². The van der Waals surface area contributed by atoms with Crippen LogP contribution in [0.3, 0.4) is 0 Å². The Morgan fingerprint density at radius 2 is 1.95 bits per heavy atom. The van der Waals surface area contributed by atoms with Gasteiger partial charge in [0.05, 0.1) is 11.3 Å². The Hall–Kier alpha value is -2.11. The molecule has 1 heterocycles. The smallest absolute Gasteiger partial charge is 0.354 e. The topological polar surface area (TPSA) is 37.8 Å². The number of benzene rings is 1. The molecule has 1 N–H and O–H groups in total. The van der Waals surface area contributed by atoms with Gasteiger partial charge in [0.25, 0.3) is 0 Å². The Bertz CT molecular complexity index is 624. The summed E-state index contributed by atoms with van der Waals surface area (Å²) in [5.41, 5.74) is 1.16. The van der Waals surface area contributed by atoms with Gasteiger partial charge in [-0.1, -0.05) is 13.0 Å². The first kappa shape index (κ1) is 15.3. The molecule has 0 aliphatic heterocycles. The molecule has 1 aromatic heterocycles. The quantitative estimate of drug-likeness (QED) is 0.914. The Morgan fingerprint density at radius 1 is 1.19 bits per heavy atom. The van der Waals surface area contributed by atoms with Gasteiger partial charge in [0.15, 0.2) is 0 Å². The predicted octanol–water partition coefficient (Wildman–Crippen LogP) is 4.29. The lowest BCUT2D eigenvalue weighted by Crippen LogP contribution is -2.06. The minimum Gasteiger partial charge on any atom is -0.354 e. The number of rotatable bonds is 4. The number of aromatic nitrogens is 2. The number of nitrogens with zero attached hydrogens (tertiary/aromatic N) is 2. The summed E-state index contributed by atoms with van der Waals surface area (Å²) in [6.07, 6.45) is -1.80. The van der Waals surface area contributed by atoms with Gasteiger partial charge >= 0.3 is 6.18 Å². The maximum atomic E-state index is 12.7. The summed E-state index contributed by atoms with van der Waals surface area (Å²) in [6.45, 7) is 4.41. The average Bonchev–Trinajstić information content (AvgIpc) is 2.44. The van der Waals surface area contributed by atoms with E-state index >= 15 is 0 Å². The zero-order valence-electron chi connectivity index (χ0n) is 11.8. The summed E-state index contributed by atoms with van der Waals surface area (Å²) in [4.78, 5) is 8.42. The van der Waals surface area contributed by atoms with Crippen molar-refractivity contribution < 1.29 is 13.2 Å². The summed E-state index contributed by atoms with van der Waals surface area (Å²) in [7, 11) is 0. The fraction of sp³-hybridized carbons (Fsp3) is 0.333. The Morgan fingerprint density at radius 3 is 2.57 bits per heavy atom. The Balaban J connectivity index is 2.34. The number of halogens is 3. The van der Waals surface area contributed by atoms with Crippen LogP contribution in [0.4, 0.5) is 19.1 Å². The van der Waals surface area contributed by atoms with E-state index in [0.29, 0.717) is 22.8 Å². The summed E-state index contributed by atoms with van der Waals surface area (Å²) in [5.74, 6) is 0.480. The molecule has 112 valence electrons. The number of anilines is 1. The molecule has 2 rings (SSSR count). The molecule has 0 bridgehead atoms. The average molecular weight is 295 g/mol. The molecule has 3 nitrogen and oxygen atoms in total. The maximum absolute atomic E-state index is 12.7. The first-order valence-electron chi connectivity index (χ1n) is 6.67. The van der Waals surface area contributed by atoms with Crippen molar-refractivity contribution in [3.8, 4) is 11.3 Å². The van der Waals surface area contributed by atoms with Crippen molar-refractivity contribution >= 4 is 5.95 Å². The number of nitrogens with one attached hydrogen (secondary N) is 1. The molecule has 21 heavy (non-hydrogen) atoms. The highest BCUT2D eigenvalue weighted by Crippen LogP contribution is 2.32. The lowest BCUT2D eigenvalue weighted by Gasteiger charge is -2.11. The van der Waals surface area contributed by atoms with E-state index < -0.39 is 11.7 Å². The fourth-order valence-corrected chi connectivity index (χ4v) is 1.96. The van der Waals surface area contributed by atoms with Gasteiger partial charge in [0.1, 0.15) is 0 Å². The van der Waals surface area contributed by atoms with Crippen molar-refractivity contribution in [2.45, 2.75) is 26.4 Å². The Labute approximate surface area is 121 Å². The van der Waals surface area contributed by atoms with E-state index in [1.165, 1.54) is 6.07 Å². The zero-order valence-corrected chi connectivity index (χ0v) is 11.8. The molecule has 0 spiro atoms. The lowest BCUT2D eigenvalue weighted by molar-refractivity contribution is -0.137. The molecular formula is C15H16F3N3. The third-order valence-electron chi connectivity index (χ3n) is 3.02. The van der Waals surface area contributed by atoms with E-state index in [-0.39, 0.29) is 0 Å². The molecule has 1 aromatic carbocycles. The summed E-state index contributed by atoms with van der Waals surface area (Å²) in [6, 6.07) is 5.34. The van der Waals surface area contributed by atoms with Crippen LogP contribution in [0, 0.1) is 6.92 Å². The van der Waals surface area contributed by atoms with Crippen molar-refractivity contribution in [2.75, 3.05) is 11.9 Å². The molecule has 0 saturated carbocycles.